The molecule has 1 aromatic rings. The van der Waals surface area contributed by atoms with E-state index in [4.69, 9.17) is 5.11 Å². The molecule has 1 N–H and O–H groups in total. The summed E-state index contributed by atoms with van der Waals surface area (Å²) in [6.07, 6.45) is 2.24. The molecule has 5 nitrogen and oxygen atoms in total. The summed E-state index contributed by atoms with van der Waals surface area (Å²) in [6.45, 7) is 8.45. The van der Waals surface area contributed by atoms with Gasteiger partial charge in [-0.25, -0.2) is 0 Å². The Balaban J connectivity index is 1.87. The standard InChI is InChI=1S/C20H30N2O3/c1-4-21(14-20(24)25)17-9-11-22(12-10-17)19(23)13-16(3)18-8-6-5-7-15(18)2/h5-8,16-17H,4,9-14H2,1-3H3,(H,24,25). The molecular formula is C20H30N2O3. The fraction of sp³-hybridized carbons (Fsp3) is 0.600. The van der Waals surface area contributed by atoms with Crippen LogP contribution >= 0.6 is 0 Å². The molecule has 1 amide bonds. The van der Waals surface area contributed by atoms with Crippen molar-refractivity contribution in [2.75, 3.05) is 26.2 Å². The Morgan fingerprint density at radius 2 is 1.92 bits per heavy atom. The van der Waals surface area contributed by atoms with Crippen LogP contribution in [0.25, 0.3) is 0 Å². The van der Waals surface area contributed by atoms with E-state index in [0.717, 1.165) is 32.5 Å². The number of likely N-dealkylation sites (tertiary alicyclic amines) is 1. The Kier molecular flexibility index (Phi) is 7.00. The number of rotatable bonds is 7. The lowest BCUT2D eigenvalue weighted by atomic mass is 9.93. The number of nitrogens with zero attached hydrogens (tertiary/aromatic N) is 2. The second-order valence-electron chi connectivity index (χ2n) is 7.03. The molecule has 138 valence electrons. The van der Waals surface area contributed by atoms with Gasteiger partial charge in [0.25, 0.3) is 0 Å². The maximum Gasteiger partial charge on any atom is 0.317 e. The molecule has 0 aliphatic carbocycles. The topological polar surface area (TPSA) is 60.9 Å². The molecular weight excluding hydrogens is 316 g/mol. The van der Waals surface area contributed by atoms with Crippen LogP contribution in [-0.4, -0.2) is 59.0 Å². The zero-order valence-electron chi connectivity index (χ0n) is 15.6. The number of amides is 1. The van der Waals surface area contributed by atoms with Crippen molar-refractivity contribution >= 4 is 11.9 Å². The van der Waals surface area contributed by atoms with Crippen LogP contribution in [0.4, 0.5) is 0 Å². The summed E-state index contributed by atoms with van der Waals surface area (Å²) < 4.78 is 0. The number of carbonyl (C=O) groups excluding carboxylic acids is 1. The highest BCUT2D eigenvalue weighted by Crippen LogP contribution is 2.24. The molecule has 1 saturated heterocycles. The van der Waals surface area contributed by atoms with Gasteiger partial charge in [0, 0.05) is 25.6 Å². The van der Waals surface area contributed by atoms with Crippen molar-refractivity contribution in [3.05, 3.63) is 35.4 Å². The monoisotopic (exact) mass is 346 g/mol. The van der Waals surface area contributed by atoms with Crippen molar-refractivity contribution in [2.45, 2.75) is 52.0 Å². The number of piperidine rings is 1. The highest BCUT2D eigenvalue weighted by atomic mass is 16.4. The van der Waals surface area contributed by atoms with E-state index in [1.807, 2.05) is 28.9 Å². The van der Waals surface area contributed by atoms with Gasteiger partial charge in [0.2, 0.25) is 5.91 Å². The average molecular weight is 346 g/mol. The minimum Gasteiger partial charge on any atom is -0.480 e. The molecule has 0 saturated carbocycles. The van der Waals surface area contributed by atoms with Crippen LogP contribution in [-0.2, 0) is 9.59 Å². The normalized spacial score (nSPS) is 16.9. The molecule has 1 atom stereocenters. The maximum atomic E-state index is 12.6. The third-order valence-corrected chi connectivity index (χ3v) is 5.28. The average Bonchev–Trinajstić information content (AvgIpc) is 2.60. The third-order valence-electron chi connectivity index (χ3n) is 5.28. The van der Waals surface area contributed by atoms with Crippen LogP contribution < -0.4 is 0 Å². The predicted molar refractivity (Wildman–Crippen MR) is 98.7 cm³/mol. The summed E-state index contributed by atoms with van der Waals surface area (Å²) >= 11 is 0. The number of carboxylic acids is 1. The summed E-state index contributed by atoms with van der Waals surface area (Å²) in [7, 11) is 0. The number of carbonyl (C=O) groups is 2. The van der Waals surface area contributed by atoms with E-state index < -0.39 is 5.97 Å². The first-order valence-corrected chi connectivity index (χ1v) is 9.21. The highest BCUT2D eigenvalue weighted by Gasteiger charge is 2.28. The number of likely N-dealkylation sites (N-methyl/N-ethyl adjacent to an activating group) is 1. The fourth-order valence-corrected chi connectivity index (χ4v) is 3.79. The Morgan fingerprint density at radius 3 is 2.48 bits per heavy atom. The lowest BCUT2D eigenvalue weighted by Crippen LogP contribution is -2.48. The van der Waals surface area contributed by atoms with Crippen LogP contribution in [0.2, 0.25) is 0 Å². The van der Waals surface area contributed by atoms with Crippen LogP contribution in [0, 0.1) is 6.92 Å². The molecule has 25 heavy (non-hydrogen) atoms. The van der Waals surface area contributed by atoms with Crippen LogP contribution in [0.15, 0.2) is 24.3 Å². The second kappa shape index (κ2) is 8.99. The number of carboxylic acid groups (broad SMARTS) is 1. The first kappa shape index (κ1) is 19.4. The summed E-state index contributed by atoms with van der Waals surface area (Å²) in [4.78, 5) is 27.5. The number of aryl methyl sites for hydroxylation is 1. The van der Waals surface area contributed by atoms with Crippen molar-refractivity contribution in [3.8, 4) is 0 Å². The van der Waals surface area contributed by atoms with Gasteiger partial charge < -0.3 is 10.0 Å². The van der Waals surface area contributed by atoms with Gasteiger partial charge in [0.1, 0.15) is 0 Å². The van der Waals surface area contributed by atoms with Gasteiger partial charge >= 0.3 is 5.97 Å². The number of aliphatic carboxylic acids is 1. The van der Waals surface area contributed by atoms with Gasteiger partial charge in [0.15, 0.2) is 0 Å². The summed E-state index contributed by atoms with van der Waals surface area (Å²) in [5, 5.41) is 9.01. The van der Waals surface area contributed by atoms with Crippen molar-refractivity contribution < 1.29 is 14.7 Å². The zero-order valence-corrected chi connectivity index (χ0v) is 15.6. The van der Waals surface area contributed by atoms with E-state index in [0.29, 0.717) is 6.42 Å². The SMILES string of the molecule is CCN(CC(=O)O)C1CCN(C(=O)CC(C)c2ccccc2C)CC1. The molecule has 1 fully saturated rings. The van der Waals surface area contributed by atoms with Gasteiger partial charge in [-0.1, -0.05) is 38.1 Å². The Labute approximate surface area is 150 Å². The lowest BCUT2D eigenvalue weighted by Gasteiger charge is -2.37. The van der Waals surface area contributed by atoms with Crippen molar-refractivity contribution in [3.63, 3.8) is 0 Å². The van der Waals surface area contributed by atoms with Gasteiger partial charge in [-0.15, -0.1) is 0 Å². The van der Waals surface area contributed by atoms with Crippen LogP contribution in [0.5, 0.6) is 0 Å². The minimum absolute atomic E-state index is 0.0828. The molecule has 0 aromatic heterocycles. The molecule has 5 heteroatoms. The molecule has 1 aliphatic heterocycles. The number of hydrogen-bond acceptors (Lipinski definition) is 3. The van der Waals surface area contributed by atoms with E-state index in [1.54, 1.807) is 0 Å². The summed E-state index contributed by atoms with van der Waals surface area (Å²) in [5.74, 6) is -0.367. The first-order chi connectivity index (χ1) is 11.9. The van der Waals surface area contributed by atoms with Crippen molar-refractivity contribution in [2.24, 2.45) is 0 Å². The fourth-order valence-electron chi connectivity index (χ4n) is 3.79. The van der Waals surface area contributed by atoms with E-state index in [1.165, 1.54) is 11.1 Å². The molecule has 0 radical (unpaired) electrons. The molecule has 1 unspecified atom stereocenters. The molecule has 1 heterocycles. The third kappa shape index (κ3) is 5.30. The minimum atomic E-state index is -0.785. The maximum absolute atomic E-state index is 12.6. The number of benzene rings is 1. The molecule has 1 aliphatic rings. The van der Waals surface area contributed by atoms with Crippen molar-refractivity contribution in [1.82, 2.24) is 9.80 Å². The van der Waals surface area contributed by atoms with E-state index in [9.17, 15) is 9.59 Å². The predicted octanol–water partition coefficient (Wildman–Crippen LogP) is 2.89. The Bertz CT molecular complexity index is 594. The lowest BCUT2D eigenvalue weighted by molar-refractivity contribution is -0.140. The molecule has 1 aromatic carbocycles. The van der Waals surface area contributed by atoms with E-state index in [2.05, 4.69) is 26.0 Å². The van der Waals surface area contributed by atoms with E-state index >= 15 is 0 Å². The van der Waals surface area contributed by atoms with Gasteiger partial charge in [-0.3, -0.25) is 14.5 Å². The quantitative estimate of drug-likeness (QED) is 0.825. The Hall–Kier alpha value is -1.88. The van der Waals surface area contributed by atoms with Crippen molar-refractivity contribution in [1.29, 1.82) is 0 Å². The van der Waals surface area contributed by atoms with Crippen LogP contribution in [0.3, 0.4) is 0 Å². The zero-order chi connectivity index (χ0) is 18.4. The molecule has 0 bridgehead atoms. The summed E-state index contributed by atoms with van der Waals surface area (Å²) in [5.41, 5.74) is 2.47. The number of hydrogen-bond donors (Lipinski definition) is 1. The smallest absolute Gasteiger partial charge is 0.317 e. The van der Waals surface area contributed by atoms with Gasteiger partial charge in [-0.2, -0.15) is 0 Å². The first-order valence-electron chi connectivity index (χ1n) is 9.21. The largest absolute Gasteiger partial charge is 0.480 e. The van der Waals surface area contributed by atoms with E-state index in [-0.39, 0.29) is 24.4 Å². The van der Waals surface area contributed by atoms with Gasteiger partial charge in [0.05, 0.1) is 6.54 Å². The molecule has 0 spiro atoms. The van der Waals surface area contributed by atoms with Gasteiger partial charge in [-0.05, 0) is 43.4 Å². The molecule has 2 rings (SSSR count). The second-order valence-corrected chi connectivity index (χ2v) is 7.03. The van der Waals surface area contributed by atoms with Crippen LogP contribution in [0.1, 0.15) is 50.2 Å². The highest BCUT2D eigenvalue weighted by molar-refractivity contribution is 5.77. The Morgan fingerprint density at radius 1 is 1.28 bits per heavy atom. The summed E-state index contributed by atoms with van der Waals surface area (Å²) in [6, 6.07) is 8.50.